The molecule has 0 spiro atoms. The smallest absolute Gasteiger partial charge is 0.227 e. The number of nitrogens with one attached hydrogen (secondary N) is 1. The van der Waals surface area contributed by atoms with Gasteiger partial charge in [0.15, 0.2) is 0 Å². The summed E-state index contributed by atoms with van der Waals surface area (Å²) in [6.45, 7) is 0.827. The Morgan fingerprint density at radius 3 is 3.04 bits per heavy atom. The molecule has 5 nitrogen and oxygen atoms in total. The third-order valence-corrected chi connectivity index (χ3v) is 4.28. The molecule has 0 radical (unpaired) electrons. The molecule has 126 valence electrons. The minimum Gasteiger partial charge on any atom is -0.492 e. The quantitative estimate of drug-likeness (QED) is 0.925. The van der Waals surface area contributed by atoms with Crippen LogP contribution in [0.2, 0.25) is 5.02 Å². The zero-order valence-electron chi connectivity index (χ0n) is 13.8. The SMILES string of the molecule is CN(C)c1ncccc1CNC(=O)[C@@H]1COc2ccc(Cl)cc2C1. The zero-order valence-corrected chi connectivity index (χ0v) is 14.5. The molecule has 1 amide bonds. The summed E-state index contributed by atoms with van der Waals surface area (Å²) in [6, 6.07) is 9.35. The first-order chi connectivity index (χ1) is 11.5. The van der Waals surface area contributed by atoms with Crippen molar-refractivity contribution in [2.75, 3.05) is 25.6 Å². The van der Waals surface area contributed by atoms with Gasteiger partial charge in [-0.15, -0.1) is 0 Å². The average molecular weight is 346 g/mol. The molecular formula is C18H20ClN3O2. The van der Waals surface area contributed by atoms with Crippen molar-refractivity contribution >= 4 is 23.3 Å². The maximum absolute atomic E-state index is 12.5. The van der Waals surface area contributed by atoms with Crippen LogP contribution in [-0.4, -0.2) is 31.6 Å². The highest BCUT2D eigenvalue weighted by molar-refractivity contribution is 6.30. The number of amides is 1. The molecule has 1 aliphatic heterocycles. The van der Waals surface area contributed by atoms with Gasteiger partial charge in [0.25, 0.3) is 0 Å². The van der Waals surface area contributed by atoms with Gasteiger partial charge in [-0.1, -0.05) is 17.7 Å². The minimum absolute atomic E-state index is 0.0193. The van der Waals surface area contributed by atoms with E-state index in [1.165, 1.54) is 0 Å². The lowest BCUT2D eigenvalue weighted by Crippen LogP contribution is -2.37. The molecule has 0 aliphatic carbocycles. The predicted molar refractivity (Wildman–Crippen MR) is 94.6 cm³/mol. The first-order valence-electron chi connectivity index (χ1n) is 7.84. The van der Waals surface area contributed by atoms with E-state index in [0.717, 1.165) is 22.7 Å². The number of carbonyl (C=O) groups excluding carboxylic acids is 1. The lowest BCUT2D eigenvalue weighted by atomic mass is 9.96. The van der Waals surface area contributed by atoms with Gasteiger partial charge in [-0.25, -0.2) is 4.98 Å². The maximum Gasteiger partial charge on any atom is 0.227 e. The third kappa shape index (κ3) is 3.62. The van der Waals surface area contributed by atoms with Crippen molar-refractivity contribution in [1.82, 2.24) is 10.3 Å². The van der Waals surface area contributed by atoms with E-state index in [0.29, 0.717) is 24.6 Å². The van der Waals surface area contributed by atoms with Crippen LogP contribution < -0.4 is 15.0 Å². The Labute approximate surface area is 146 Å². The van der Waals surface area contributed by atoms with E-state index >= 15 is 0 Å². The fourth-order valence-electron chi connectivity index (χ4n) is 2.83. The van der Waals surface area contributed by atoms with Crippen LogP contribution in [-0.2, 0) is 17.8 Å². The molecule has 2 aromatic rings. The summed E-state index contributed by atoms with van der Waals surface area (Å²) in [7, 11) is 3.87. The van der Waals surface area contributed by atoms with Crippen LogP contribution in [0.5, 0.6) is 5.75 Å². The number of hydrogen-bond acceptors (Lipinski definition) is 4. The summed E-state index contributed by atoms with van der Waals surface area (Å²) >= 11 is 6.02. The van der Waals surface area contributed by atoms with Crippen molar-refractivity contribution in [3.05, 3.63) is 52.7 Å². The van der Waals surface area contributed by atoms with Gasteiger partial charge in [0, 0.05) is 37.4 Å². The van der Waals surface area contributed by atoms with Crippen molar-refractivity contribution in [1.29, 1.82) is 0 Å². The molecule has 6 heteroatoms. The van der Waals surface area contributed by atoms with E-state index in [9.17, 15) is 4.79 Å². The highest BCUT2D eigenvalue weighted by Crippen LogP contribution is 2.29. The molecular weight excluding hydrogens is 326 g/mol. The standard InChI is InChI=1S/C18H20ClN3O2/c1-22(2)17-12(4-3-7-20-17)10-21-18(23)14-8-13-9-15(19)5-6-16(13)24-11-14/h3-7,9,14H,8,10-11H2,1-2H3,(H,21,23)/t14-/m0/s1. The molecule has 0 unspecified atom stereocenters. The Balaban J connectivity index is 1.64. The molecule has 1 atom stereocenters. The summed E-state index contributed by atoms with van der Waals surface area (Å²) in [4.78, 5) is 18.8. The third-order valence-electron chi connectivity index (χ3n) is 4.04. The molecule has 1 aromatic carbocycles. The van der Waals surface area contributed by atoms with E-state index in [-0.39, 0.29) is 11.8 Å². The van der Waals surface area contributed by atoms with Crippen LogP contribution in [0.3, 0.4) is 0 Å². The summed E-state index contributed by atoms with van der Waals surface area (Å²) in [5.41, 5.74) is 1.96. The number of pyridine rings is 1. The zero-order chi connectivity index (χ0) is 17.1. The van der Waals surface area contributed by atoms with Crippen LogP contribution in [0.4, 0.5) is 5.82 Å². The van der Waals surface area contributed by atoms with Gasteiger partial charge < -0.3 is 15.0 Å². The predicted octanol–water partition coefficient (Wildman–Crippen LogP) is 2.67. The van der Waals surface area contributed by atoms with Crippen LogP contribution >= 0.6 is 11.6 Å². The number of hydrogen-bond donors (Lipinski definition) is 1. The van der Waals surface area contributed by atoms with Gasteiger partial charge in [0.2, 0.25) is 5.91 Å². The Bertz CT molecular complexity index is 749. The summed E-state index contributed by atoms with van der Waals surface area (Å²) in [5.74, 6) is 1.44. The molecule has 0 fully saturated rings. The van der Waals surface area contributed by atoms with Gasteiger partial charge in [-0.2, -0.15) is 0 Å². The Morgan fingerprint density at radius 1 is 1.42 bits per heavy atom. The van der Waals surface area contributed by atoms with Crippen LogP contribution in [0.1, 0.15) is 11.1 Å². The second-order valence-corrected chi connectivity index (χ2v) is 6.50. The fraction of sp³-hybridized carbons (Fsp3) is 0.333. The van der Waals surface area contributed by atoms with Crippen molar-refractivity contribution in [2.45, 2.75) is 13.0 Å². The molecule has 2 heterocycles. The minimum atomic E-state index is -0.213. The van der Waals surface area contributed by atoms with Crippen molar-refractivity contribution in [2.24, 2.45) is 5.92 Å². The molecule has 3 rings (SSSR count). The van der Waals surface area contributed by atoms with E-state index in [1.54, 1.807) is 12.3 Å². The fourth-order valence-corrected chi connectivity index (χ4v) is 3.02. The van der Waals surface area contributed by atoms with Crippen molar-refractivity contribution in [3.63, 3.8) is 0 Å². The molecule has 1 aromatic heterocycles. The largest absolute Gasteiger partial charge is 0.492 e. The number of aromatic nitrogens is 1. The summed E-state index contributed by atoms with van der Waals surface area (Å²) in [6.07, 6.45) is 2.38. The molecule has 0 bridgehead atoms. The van der Waals surface area contributed by atoms with Gasteiger partial charge in [-0.3, -0.25) is 4.79 Å². The van der Waals surface area contributed by atoms with Gasteiger partial charge in [-0.05, 0) is 36.2 Å². The summed E-state index contributed by atoms with van der Waals surface area (Å²) < 4.78 is 5.69. The second kappa shape index (κ2) is 7.09. The first kappa shape index (κ1) is 16.6. The Kier molecular flexibility index (Phi) is 4.90. The van der Waals surface area contributed by atoms with Crippen molar-refractivity contribution < 1.29 is 9.53 Å². The second-order valence-electron chi connectivity index (χ2n) is 6.06. The number of rotatable bonds is 4. The van der Waals surface area contributed by atoms with Gasteiger partial charge in [0.05, 0.1) is 5.92 Å². The number of ether oxygens (including phenoxy) is 1. The van der Waals surface area contributed by atoms with E-state index in [1.807, 2.05) is 43.3 Å². The van der Waals surface area contributed by atoms with Crippen LogP contribution in [0, 0.1) is 5.92 Å². The lowest BCUT2D eigenvalue weighted by Gasteiger charge is -2.25. The number of anilines is 1. The number of nitrogens with zero attached hydrogens (tertiary/aromatic N) is 2. The summed E-state index contributed by atoms with van der Waals surface area (Å²) in [5, 5.41) is 3.65. The number of fused-ring (bicyclic) bond motifs is 1. The topological polar surface area (TPSA) is 54.5 Å². The highest BCUT2D eigenvalue weighted by atomic mass is 35.5. The molecule has 24 heavy (non-hydrogen) atoms. The monoisotopic (exact) mass is 345 g/mol. The normalized spacial score (nSPS) is 16.0. The van der Waals surface area contributed by atoms with Gasteiger partial charge in [0.1, 0.15) is 18.2 Å². The molecule has 1 aliphatic rings. The average Bonchev–Trinajstić information content (AvgIpc) is 2.59. The molecule has 1 N–H and O–H groups in total. The van der Waals surface area contributed by atoms with E-state index < -0.39 is 0 Å². The number of benzene rings is 1. The Hall–Kier alpha value is -2.27. The highest BCUT2D eigenvalue weighted by Gasteiger charge is 2.26. The lowest BCUT2D eigenvalue weighted by molar-refractivity contribution is -0.126. The van der Waals surface area contributed by atoms with Gasteiger partial charge >= 0.3 is 0 Å². The number of carbonyl (C=O) groups is 1. The Morgan fingerprint density at radius 2 is 2.25 bits per heavy atom. The number of halogens is 1. The van der Waals surface area contributed by atoms with E-state index in [4.69, 9.17) is 16.3 Å². The van der Waals surface area contributed by atoms with Crippen molar-refractivity contribution in [3.8, 4) is 5.75 Å². The van der Waals surface area contributed by atoms with Crippen LogP contribution in [0.15, 0.2) is 36.5 Å². The molecule has 0 saturated carbocycles. The van der Waals surface area contributed by atoms with Crippen LogP contribution in [0.25, 0.3) is 0 Å². The van der Waals surface area contributed by atoms with E-state index in [2.05, 4.69) is 10.3 Å². The maximum atomic E-state index is 12.5. The molecule has 0 saturated heterocycles. The first-order valence-corrected chi connectivity index (χ1v) is 8.22.